The maximum atomic E-state index is 11.9. The number of alkyl halides is 2. The van der Waals surface area contributed by atoms with Gasteiger partial charge < -0.3 is 10.5 Å². The van der Waals surface area contributed by atoms with E-state index in [9.17, 15) is 8.78 Å². The average Bonchev–Trinajstić information content (AvgIpc) is 2.26. The second-order valence-corrected chi connectivity index (χ2v) is 3.45. The number of hydrogen-bond acceptors (Lipinski definition) is 3. The summed E-state index contributed by atoms with van der Waals surface area (Å²) in [6, 6.07) is 6.57. The van der Waals surface area contributed by atoms with Gasteiger partial charge in [0.15, 0.2) is 5.11 Å². The monoisotopic (exact) mass is 259 g/mol. The van der Waals surface area contributed by atoms with Crippen molar-refractivity contribution in [1.82, 2.24) is 5.43 Å². The Morgan fingerprint density at radius 1 is 1.59 bits per heavy atom. The molecule has 4 nitrogen and oxygen atoms in total. The van der Waals surface area contributed by atoms with Crippen molar-refractivity contribution in [3.8, 4) is 5.75 Å². The first-order valence-electron chi connectivity index (χ1n) is 4.67. The number of nitrogens with one attached hydrogen (secondary N) is 1. The van der Waals surface area contributed by atoms with Crippen LogP contribution in [-0.2, 0) is 0 Å². The van der Waals surface area contributed by atoms with E-state index in [0.717, 1.165) is 0 Å². The minimum absolute atomic E-state index is 0.0476. The van der Waals surface area contributed by atoms with E-state index in [1.165, 1.54) is 6.21 Å². The third kappa shape index (κ3) is 5.76. The maximum Gasteiger partial charge on any atom is 0.272 e. The fourth-order valence-electron chi connectivity index (χ4n) is 1.01. The lowest BCUT2D eigenvalue weighted by atomic mass is 10.2. The molecule has 0 radical (unpaired) electrons. The molecule has 92 valence electrons. The van der Waals surface area contributed by atoms with Crippen LogP contribution >= 0.6 is 12.2 Å². The van der Waals surface area contributed by atoms with Crippen molar-refractivity contribution in [2.24, 2.45) is 10.8 Å². The number of nitrogens with zero attached hydrogens (tertiary/aromatic N) is 1. The molecule has 17 heavy (non-hydrogen) atoms. The normalized spacial score (nSPS) is 10.8. The smallest absolute Gasteiger partial charge is 0.272 e. The summed E-state index contributed by atoms with van der Waals surface area (Å²) in [5, 5.41) is 3.78. The summed E-state index contributed by atoms with van der Waals surface area (Å²) >= 11 is 4.55. The Balaban J connectivity index is 2.59. The van der Waals surface area contributed by atoms with E-state index in [1.54, 1.807) is 24.3 Å². The predicted octanol–water partition coefficient (Wildman–Crippen LogP) is 1.50. The van der Waals surface area contributed by atoms with E-state index in [2.05, 4.69) is 22.7 Å². The predicted molar refractivity (Wildman–Crippen MR) is 65.5 cm³/mol. The third-order valence-corrected chi connectivity index (χ3v) is 1.71. The lowest BCUT2D eigenvalue weighted by Gasteiger charge is -2.05. The van der Waals surface area contributed by atoms with Gasteiger partial charge in [-0.1, -0.05) is 12.1 Å². The van der Waals surface area contributed by atoms with Crippen molar-refractivity contribution < 1.29 is 13.5 Å². The standard InChI is InChI=1S/C10H11F2N3OS/c11-9(12)6-16-8-3-1-2-7(4-8)5-14-15-10(13)17/h1-5,9H,6H2,(H3,13,15,17). The molecule has 3 N–H and O–H groups in total. The van der Waals surface area contributed by atoms with Crippen molar-refractivity contribution in [2.75, 3.05) is 6.61 Å². The van der Waals surface area contributed by atoms with Gasteiger partial charge in [0.2, 0.25) is 0 Å². The zero-order chi connectivity index (χ0) is 12.7. The Morgan fingerprint density at radius 3 is 3.00 bits per heavy atom. The Bertz CT molecular complexity index is 412. The van der Waals surface area contributed by atoms with Crippen molar-refractivity contribution in [2.45, 2.75) is 6.43 Å². The minimum Gasteiger partial charge on any atom is -0.488 e. The van der Waals surface area contributed by atoms with Crippen LogP contribution in [0.15, 0.2) is 29.4 Å². The highest BCUT2D eigenvalue weighted by molar-refractivity contribution is 7.80. The molecular weight excluding hydrogens is 248 g/mol. The van der Waals surface area contributed by atoms with E-state index < -0.39 is 13.0 Å². The van der Waals surface area contributed by atoms with Crippen molar-refractivity contribution >= 4 is 23.5 Å². The van der Waals surface area contributed by atoms with Crippen LogP contribution in [0.25, 0.3) is 0 Å². The first kappa shape index (κ1) is 13.3. The SMILES string of the molecule is NC(=S)NN=Cc1cccc(OCC(F)F)c1. The van der Waals surface area contributed by atoms with Crippen molar-refractivity contribution in [3.05, 3.63) is 29.8 Å². The number of thiocarbonyl (C=S) groups is 1. The Labute approximate surface area is 102 Å². The molecule has 0 heterocycles. The number of hydrogen-bond donors (Lipinski definition) is 2. The fourth-order valence-corrected chi connectivity index (χ4v) is 1.07. The minimum atomic E-state index is -2.50. The molecule has 1 rings (SSSR count). The molecule has 0 bridgehead atoms. The van der Waals surface area contributed by atoms with Gasteiger partial charge in [-0.25, -0.2) is 8.78 Å². The van der Waals surface area contributed by atoms with Crippen molar-refractivity contribution in [1.29, 1.82) is 0 Å². The zero-order valence-electron chi connectivity index (χ0n) is 8.77. The summed E-state index contributed by atoms with van der Waals surface area (Å²) < 4.78 is 28.7. The molecule has 0 aliphatic rings. The first-order chi connectivity index (χ1) is 8.08. The third-order valence-electron chi connectivity index (χ3n) is 1.62. The van der Waals surface area contributed by atoms with Crippen LogP contribution in [0.1, 0.15) is 5.56 Å². The lowest BCUT2D eigenvalue weighted by Crippen LogP contribution is -2.23. The average molecular weight is 259 g/mol. The molecule has 0 aliphatic heterocycles. The van der Waals surface area contributed by atoms with Gasteiger partial charge in [-0.2, -0.15) is 5.10 Å². The quantitative estimate of drug-likeness (QED) is 0.478. The van der Waals surface area contributed by atoms with E-state index in [4.69, 9.17) is 10.5 Å². The molecule has 0 unspecified atom stereocenters. The first-order valence-corrected chi connectivity index (χ1v) is 5.08. The zero-order valence-corrected chi connectivity index (χ0v) is 9.58. The van der Waals surface area contributed by atoms with Crippen LogP contribution in [-0.4, -0.2) is 24.4 Å². The number of benzene rings is 1. The Morgan fingerprint density at radius 2 is 2.35 bits per heavy atom. The van der Waals surface area contributed by atoms with Crippen molar-refractivity contribution in [3.63, 3.8) is 0 Å². The summed E-state index contributed by atoms with van der Waals surface area (Å²) in [7, 11) is 0. The van der Waals surface area contributed by atoms with Crippen LogP contribution in [0.5, 0.6) is 5.75 Å². The van der Waals surface area contributed by atoms with Crippen LogP contribution in [0.2, 0.25) is 0 Å². The van der Waals surface area contributed by atoms with Gasteiger partial charge in [-0.3, -0.25) is 5.43 Å². The molecule has 0 atom stereocenters. The Kier molecular flexibility index (Phi) is 5.28. The molecule has 0 saturated heterocycles. The van der Waals surface area contributed by atoms with E-state index >= 15 is 0 Å². The van der Waals surface area contributed by atoms with Gasteiger partial charge in [0.05, 0.1) is 6.21 Å². The van der Waals surface area contributed by atoms with Crippen LogP contribution in [0, 0.1) is 0 Å². The van der Waals surface area contributed by atoms with E-state index in [-0.39, 0.29) is 5.11 Å². The van der Waals surface area contributed by atoms with Gasteiger partial charge in [-0.15, -0.1) is 0 Å². The van der Waals surface area contributed by atoms with Gasteiger partial charge in [-0.05, 0) is 29.9 Å². The summed E-state index contributed by atoms with van der Waals surface area (Å²) in [4.78, 5) is 0. The highest BCUT2D eigenvalue weighted by atomic mass is 32.1. The molecule has 0 amide bonds. The Hall–Kier alpha value is -1.76. The summed E-state index contributed by atoms with van der Waals surface area (Å²) in [6.07, 6.45) is -1.04. The summed E-state index contributed by atoms with van der Waals surface area (Å²) in [5.41, 5.74) is 8.23. The molecule has 1 aromatic rings. The lowest BCUT2D eigenvalue weighted by molar-refractivity contribution is 0.0819. The fraction of sp³-hybridized carbons (Fsp3) is 0.200. The molecule has 1 aromatic carbocycles. The molecule has 7 heteroatoms. The summed E-state index contributed by atoms with van der Waals surface area (Å²) in [6.45, 7) is -0.633. The molecule has 0 fully saturated rings. The number of hydrazone groups is 1. The van der Waals surface area contributed by atoms with Crippen LogP contribution in [0.4, 0.5) is 8.78 Å². The molecule has 0 aliphatic carbocycles. The number of halogens is 2. The topological polar surface area (TPSA) is 59.6 Å². The van der Waals surface area contributed by atoms with E-state index in [1.807, 2.05) is 0 Å². The van der Waals surface area contributed by atoms with Gasteiger partial charge in [0.1, 0.15) is 12.4 Å². The van der Waals surface area contributed by atoms with Gasteiger partial charge in [0.25, 0.3) is 6.43 Å². The van der Waals surface area contributed by atoms with Crippen LogP contribution < -0.4 is 15.9 Å². The molecule has 0 saturated carbocycles. The van der Waals surface area contributed by atoms with Gasteiger partial charge in [0, 0.05) is 0 Å². The number of ether oxygens (including phenoxy) is 1. The maximum absolute atomic E-state index is 11.9. The summed E-state index contributed by atoms with van der Waals surface area (Å²) in [5.74, 6) is 0.351. The molecular formula is C10H11F2N3OS. The van der Waals surface area contributed by atoms with E-state index in [0.29, 0.717) is 11.3 Å². The number of nitrogens with two attached hydrogens (primary N) is 1. The highest BCUT2D eigenvalue weighted by Crippen LogP contribution is 2.12. The second kappa shape index (κ2) is 6.74. The largest absolute Gasteiger partial charge is 0.488 e. The second-order valence-electron chi connectivity index (χ2n) is 3.01. The number of rotatable bonds is 5. The van der Waals surface area contributed by atoms with Crippen LogP contribution in [0.3, 0.4) is 0 Å². The molecule has 0 spiro atoms. The molecule has 0 aromatic heterocycles. The highest BCUT2D eigenvalue weighted by Gasteiger charge is 2.03. The van der Waals surface area contributed by atoms with Gasteiger partial charge >= 0.3 is 0 Å².